The van der Waals surface area contributed by atoms with Crippen molar-refractivity contribution >= 4 is 11.8 Å². The molecule has 1 N–H and O–H groups in total. The summed E-state index contributed by atoms with van der Waals surface area (Å²) in [6, 6.07) is 8.08. The van der Waals surface area contributed by atoms with Crippen LogP contribution in [0.3, 0.4) is 0 Å². The third kappa shape index (κ3) is 3.84. The summed E-state index contributed by atoms with van der Waals surface area (Å²) in [5.74, 6) is -0.198. The SMILES string of the molecule is Cc1ccc(CNC(=O)C2CC(=O)N(C(C)(C)C)C2)cc1. The Balaban J connectivity index is 1.90. The van der Waals surface area contributed by atoms with Crippen LogP contribution in [-0.2, 0) is 16.1 Å². The van der Waals surface area contributed by atoms with Crippen LogP contribution in [0.4, 0.5) is 0 Å². The highest BCUT2D eigenvalue weighted by Crippen LogP contribution is 2.25. The number of hydrogen-bond acceptors (Lipinski definition) is 2. The van der Waals surface area contributed by atoms with Crippen molar-refractivity contribution in [2.24, 2.45) is 5.92 Å². The third-order valence-electron chi connectivity index (χ3n) is 3.89. The smallest absolute Gasteiger partial charge is 0.225 e. The number of carbonyl (C=O) groups is 2. The predicted molar refractivity (Wildman–Crippen MR) is 82.6 cm³/mol. The minimum atomic E-state index is -0.234. The molecule has 0 bridgehead atoms. The Hall–Kier alpha value is -1.84. The fourth-order valence-corrected chi connectivity index (χ4v) is 2.57. The number of likely N-dealkylation sites (tertiary alicyclic amines) is 1. The molecule has 1 fully saturated rings. The predicted octanol–water partition coefficient (Wildman–Crippen LogP) is 2.26. The number of nitrogens with one attached hydrogen (secondary N) is 1. The van der Waals surface area contributed by atoms with E-state index in [2.05, 4.69) is 5.32 Å². The van der Waals surface area contributed by atoms with Gasteiger partial charge in [-0.15, -0.1) is 0 Å². The van der Waals surface area contributed by atoms with Crippen molar-refractivity contribution in [3.05, 3.63) is 35.4 Å². The first-order valence-electron chi connectivity index (χ1n) is 7.41. The second kappa shape index (κ2) is 5.88. The van der Waals surface area contributed by atoms with Crippen molar-refractivity contribution in [1.82, 2.24) is 10.2 Å². The molecule has 0 aromatic heterocycles. The molecule has 2 rings (SSSR count). The Kier molecular flexibility index (Phi) is 4.35. The van der Waals surface area contributed by atoms with E-state index in [9.17, 15) is 9.59 Å². The van der Waals surface area contributed by atoms with E-state index in [1.54, 1.807) is 4.90 Å². The maximum absolute atomic E-state index is 12.2. The molecule has 0 saturated carbocycles. The molecule has 2 amide bonds. The van der Waals surface area contributed by atoms with Crippen molar-refractivity contribution in [3.63, 3.8) is 0 Å². The molecule has 4 nitrogen and oxygen atoms in total. The summed E-state index contributed by atoms with van der Waals surface area (Å²) in [5, 5.41) is 2.94. The molecule has 1 aliphatic heterocycles. The Bertz CT molecular complexity index is 529. The lowest BCUT2D eigenvalue weighted by molar-refractivity contribution is -0.132. The average molecular weight is 288 g/mol. The Morgan fingerprint density at radius 3 is 2.43 bits per heavy atom. The van der Waals surface area contributed by atoms with Crippen LogP contribution < -0.4 is 5.32 Å². The summed E-state index contributed by atoms with van der Waals surface area (Å²) >= 11 is 0. The number of rotatable bonds is 3. The monoisotopic (exact) mass is 288 g/mol. The van der Waals surface area contributed by atoms with Crippen LogP contribution in [0, 0.1) is 12.8 Å². The number of benzene rings is 1. The van der Waals surface area contributed by atoms with Gasteiger partial charge in [-0.3, -0.25) is 9.59 Å². The van der Waals surface area contributed by atoms with Crippen molar-refractivity contribution in [2.45, 2.75) is 46.2 Å². The molecule has 0 aliphatic carbocycles. The highest BCUT2D eigenvalue weighted by molar-refractivity contribution is 5.89. The molecule has 1 aliphatic rings. The van der Waals surface area contributed by atoms with Crippen LogP contribution in [0.2, 0.25) is 0 Å². The number of carbonyl (C=O) groups excluding carboxylic acids is 2. The standard InChI is InChI=1S/C17H24N2O2/c1-12-5-7-13(8-6-12)10-18-16(21)14-9-15(20)19(11-14)17(2,3)4/h5-8,14H,9-11H2,1-4H3,(H,18,21). The number of amides is 2. The van der Waals surface area contributed by atoms with Crippen LogP contribution in [0.25, 0.3) is 0 Å². The second-order valence-corrected chi connectivity index (χ2v) is 6.78. The summed E-state index contributed by atoms with van der Waals surface area (Å²) in [4.78, 5) is 26.0. The molecular weight excluding hydrogens is 264 g/mol. The summed E-state index contributed by atoms with van der Waals surface area (Å²) in [6.07, 6.45) is 0.316. The van der Waals surface area contributed by atoms with Gasteiger partial charge in [0.15, 0.2) is 0 Å². The fourth-order valence-electron chi connectivity index (χ4n) is 2.57. The van der Waals surface area contributed by atoms with Crippen LogP contribution in [-0.4, -0.2) is 28.8 Å². The minimum Gasteiger partial charge on any atom is -0.352 e. The summed E-state index contributed by atoms with van der Waals surface area (Å²) < 4.78 is 0. The third-order valence-corrected chi connectivity index (χ3v) is 3.89. The Morgan fingerprint density at radius 1 is 1.29 bits per heavy atom. The normalized spacial score (nSPS) is 19.0. The second-order valence-electron chi connectivity index (χ2n) is 6.78. The van der Waals surface area contributed by atoms with E-state index in [1.807, 2.05) is 52.0 Å². The van der Waals surface area contributed by atoms with Crippen molar-refractivity contribution in [2.75, 3.05) is 6.54 Å². The molecule has 1 unspecified atom stereocenters. The molecular formula is C17H24N2O2. The van der Waals surface area contributed by atoms with Gasteiger partial charge in [0.25, 0.3) is 0 Å². The lowest BCUT2D eigenvalue weighted by Gasteiger charge is -2.31. The summed E-state index contributed by atoms with van der Waals surface area (Å²) in [5.41, 5.74) is 2.06. The maximum Gasteiger partial charge on any atom is 0.225 e. The summed E-state index contributed by atoms with van der Waals surface area (Å²) in [7, 11) is 0. The van der Waals surface area contributed by atoms with E-state index < -0.39 is 0 Å². The van der Waals surface area contributed by atoms with E-state index in [0.29, 0.717) is 19.5 Å². The highest BCUT2D eigenvalue weighted by Gasteiger charge is 2.39. The van der Waals surface area contributed by atoms with Gasteiger partial charge in [0.2, 0.25) is 11.8 Å². The zero-order chi connectivity index (χ0) is 15.6. The highest BCUT2D eigenvalue weighted by atomic mass is 16.2. The number of hydrogen-bond donors (Lipinski definition) is 1. The molecule has 1 aromatic rings. The molecule has 1 saturated heterocycles. The average Bonchev–Trinajstić information content (AvgIpc) is 2.80. The Morgan fingerprint density at radius 2 is 1.90 bits per heavy atom. The van der Waals surface area contributed by atoms with Crippen LogP contribution in [0.1, 0.15) is 38.3 Å². The number of aryl methyl sites for hydroxylation is 1. The van der Waals surface area contributed by atoms with Crippen molar-refractivity contribution < 1.29 is 9.59 Å². The van der Waals surface area contributed by atoms with E-state index in [-0.39, 0.29) is 23.3 Å². The van der Waals surface area contributed by atoms with Gasteiger partial charge in [-0.2, -0.15) is 0 Å². The zero-order valence-electron chi connectivity index (χ0n) is 13.3. The van der Waals surface area contributed by atoms with E-state index in [0.717, 1.165) is 5.56 Å². The van der Waals surface area contributed by atoms with Gasteiger partial charge in [0, 0.05) is 25.0 Å². The first-order chi connectivity index (χ1) is 9.77. The van der Waals surface area contributed by atoms with Gasteiger partial charge in [-0.25, -0.2) is 0 Å². The van der Waals surface area contributed by atoms with Crippen LogP contribution in [0.15, 0.2) is 24.3 Å². The van der Waals surface area contributed by atoms with Crippen molar-refractivity contribution in [3.8, 4) is 0 Å². The molecule has 114 valence electrons. The van der Waals surface area contributed by atoms with E-state index >= 15 is 0 Å². The topological polar surface area (TPSA) is 49.4 Å². The lowest BCUT2D eigenvalue weighted by atomic mass is 10.1. The molecule has 0 spiro atoms. The van der Waals surface area contributed by atoms with Gasteiger partial charge < -0.3 is 10.2 Å². The van der Waals surface area contributed by atoms with E-state index in [1.165, 1.54) is 5.56 Å². The molecule has 4 heteroatoms. The molecule has 1 heterocycles. The van der Waals surface area contributed by atoms with Gasteiger partial charge in [0.1, 0.15) is 0 Å². The van der Waals surface area contributed by atoms with Crippen LogP contribution in [0.5, 0.6) is 0 Å². The molecule has 21 heavy (non-hydrogen) atoms. The largest absolute Gasteiger partial charge is 0.352 e. The Labute approximate surface area is 126 Å². The van der Waals surface area contributed by atoms with Crippen molar-refractivity contribution in [1.29, 1.82) is 0 Å². The molecule has 0 radical (unpaired) electrons. The van der Waals surface area contributed by atoms with Crippen LogP contribution >= 0.6 is 0 Å². The summed E-state index contributed by atoms with van der Waals surface area (Å²) in [6.45, 7) is 9.06. The molecule has 1 atom stereocenters. The van der Waals surface area contributed by atoms with Gasteiger partial charge in [0.05, 0.1) is 5.92 Å². The quantitative estimate of drug-likeness (QED) is 0.927. The van der Waals surface area contributed by atoms with Gasteiger partial charge in [-0.05, 0) is 33.3 Å². The number of nitrogens with zero attached hydrogens (tertiary/aromatic N) is 1. The lowest BCUT2D eigenvalue weighted by Crippen LogP contribution is -2.43. The fraction of sp³-hybridized carbons (Fsp3) is 0.529. The minimum absolute atomic E-state index is 0.0318. The maximum atomic E-state index is 12.2. The van der Waals surface area contributed by atoms with Gasteiger partial charge in [-0.1, -0.05) is 29.8 Å². The van der Waals surface area contributed by atoms with Gasteiger partial charge >= 0.3 is 0 Å². The first-order valence-corrected chi connectivity index (χ1v) is 7.41. The first kappa shape index (κ1) is 15.5. The molecule has 1 aromatic carbocycles. The zero-order valence-corrected chi connectivity index (χ0v) is 13.3. The van der Waals surface area contributed by atoms with E-state index in [4.69, 9.17) is 0 Å².